The lowest BCUT2D eigenvalue weighted by Gasteiger charge is -2.39. The monoisotopic (exact) mass is 493 g/mol. The van der Waals surface area contributed by atoms with E-state index in [0.717, 1.165) is 22.4 Å². The van der Waals surface area contributed by atoms with Crippen LogP contribution in [0.2, 0.25) is 0 Å². The fourth-order valence-corrected chi connectivity index (χ4v) is 7.30. The van der Waals surface area contributed by atoms with Gasteiger partial charge in [-0.3, -0.25) is 0 Å². The SMILES string of the molecule is CCC1(CC)CCC(c2cc3c4c([n+](C)cnc4c2)-c2c(c(C(C)(C)C)c4ccccc4c2C)O3)CC1. The van der Waals surface area contributed by atoms with Crippen molar-refractivity contribution < 1.29 is 9.30 Å². The van der Waals surface area contributed by atoms with Gasteiger partial charge in [0.05, 0.1) is 12.6 Å². The molecule has 1 saturated carbocycles. The highest BCUT2D eigenvalue weighted by atomic mass is 16.5. The van der Waals surface area contributed by atoms with Crippen molar-refractivity contribution in [3.05, 3.63) is 59.4 Å². The van der Waals surface area contributed by atoms with Crippen LogP contribution in [-0.4, -0.2) is 4.98 Å². The largest absolute Gasteiger partial charge is 0.455 e. The van der Waals surface area contributed by atoms with Crippen molar-refractivity contribution in [1.82, 2.24) is 4.98 Å². The minimum atomic E-state index is -0.0653. The molecule has 6 rings (SSSR count). The molecule has 1 aliphatic heterocycles. The van der Waals surface area contributed by atoms with Crippen molar-refractivity contribution in [3.8, 4) is 22.8 Å². The van der Waals surface area contributed by atoms with Crippen LogP contribution >= 0.6 is 0 Å². The number of hydrogen-bond acceptors (Lipinski definition) is 2. The predicted octanol–water partition coefficient (Wildman–Crippen LogP) is 9.06. The van der Waals surface area contributed by atoms with Crippen LogP contribution in [0, 0.1) is 12.3 Å². The fourth-order valence-electron chi connectivity index (χ4n) is 7.30. The van der Waals surface area contributed by atoms with Gasteiger partial charge >= 0.3 is 0 Å². The maximum absolute atomic E-state index is 7.01. The van der Waals surface area contributed by atoms with E-state index >= 15 is 0 Å². The van der Waals surface area contributed by atoms with Gasteiger partial charge < -0.3 is 4.74 Å². The predicted molar refractivity (Wildman–Crippen MR) is 154 cm³/mol. The molecule has 37 heavy (non-hydrogen) atoms. The first-order chi connectivity index (χ1) is 17.7. The third kappa shape index (κ3) is 3.68. The number of benzene rings is 3. The van der Waals surface area contributed by atoms with Crippen LogP contribution in [0.4, 0.5) is 0 Å². The topological polar surface area (TPSA) is 26.0 Å². The molecule has 0 spiro atoms. The molecule has 3 heteroatoms. The smallest absolute Gasteiger partial charge is 0.287 e. The van der Waals surface area contributed by atoms with E-state index < -0.39 is 0 Å². The van der Waals surface area contributed by atoms with Crippen molar-refractivity contribution in [2.75, 3.05) is 0 Å². The van der Waals surface area contributed by atoms with Gasteiger partial charge in [-0.15, -0.1) is 0 Å². The molecule has 0 saturated heterocycles. The maximum atomic E-state index is 7.01. The van der Waals surface area contributed by atoms with Gasteiger partial charge in [-0.2, -0.15) is 0 Å². The van der Waals surface area contributed by atoms with E-state index in [1.807, 2.05) is 6.33 Å². The Morgan fingerprint density at radius 3 is 2.35 bits per heavy atom. The van der Waals surface area contributed by atoms with Crippen molar-refractivity contribution in [3.63, 3.8) is 0 Å². The number of ether oxygens (including phenoxy) is 1. The molecule has 0 bridgehead atoms. The van der Waals surface area contributed by atoms with E-state index in [-0.39, 0.29) is 5.41 Å². The highest BCUT2D eigenvalue weighted by Crippen LogP contribution is 2.54. The van der Waals surface area contributed by atoms with Crippen LogP contribution < -0.4 is 9.30 Å². The van der Waals surface area contributed by atoms with Crippen molar-refractivity contribution in [2.45, 2.75) is 91.4 Å². The van der Waals surface area contributed by atoms with Crippen LogP contribution in [-0.2, 0) is 12.5 Å². The highest BCUT2D eigenvalue weighted by Gasteiger charge is 2.37. The van der Waals surface area contributed by atoms with Gasteiger partial charge in [-0.05, 0) is 88.4 Å². The number of hydrogen-bond donors (Lipinski definition) is 0. The third-order valence-electron chi connectivity index (χ3n) is 9.71. The van der Waals surface area contributed by atoms with Crippen LogP contribution in [0.15, 0.2) is 42.7 Å². The van der Waals surface area contributed by atoms with Crippen LogP contribution in [0.5, 0.6) is 11.5 Å². The average Bonchev–Trinajstić information content (AvgIpc) is 2.89. The zero-order valence-electron chi connectivity index (χ0n) is 23.7. The van der Waals surface area contributed by atoms with Crippen molar-refractivity contribution >= 4 is 21.7 Å². The zero-order chi connectivity index (χ0) is 26.1. The molecule has 4 aromatic rings. The molecule has 0 unspecified atom stereocenters. The Bertz CT molecular complexity index is 1530. The zero-order valence-corrected chi connectivity index (χ0v) is 23.7. The van der Waals surface area contributed by atoms with Gasteiger partial charge in [0.2, 0.25) is 0 Å². The summed E-state index contributed by atoms with van der Waals surface area (Å²) >= 11 is 0. The summed E-state index contributed by atoms with van der Waals surface area (Å²) in [7, 11) is 2.12. The van der Waals surface area contributed by atoms with Gasteiger partial charge in [-0.25, -0.2) is 4.57 Å². The summed E-state index contributed by atoms with van der Waals surface area (Å²) in [6, 6.07) is 13.5. The molecular formula is C34H41N2O+. The lowest BCUT2D eigenvalue weighted by Crippen LogP contribution is -2.33. The molecule has 2 aliphatic rings. The highest BCUT2D eigenvalue weighted by molar-refractivity contribution is 6.06. The normalized spacial score (nSPS) is 17.2. The first-order valence-electron chi connectivity index (χ1n) is 14.2. The Balaban J connectivity index is 1.58. The van der Waals surface area contributed by atoms with Crippen LogP contribution in [0.1, 0.15) is 95.8 Å². The number of aromatic nitrogens is 2. The molecule has 2 heterocycles. The van der Waals surface area contributed by atoms with Gasteiger partial charge in [0.1, 0.15) is 16.9 Å². The van der Waals surface area contributed by atoms with E-state index in [0.29, 0.717) is 11.3 Å². The Hall–Kier alpha value is -2.94. The van der Waals surface area contributed by atoms with Crippen molar-refractivity contribution in [2.24, 2.45) is 12.5 Å². The molecule has 1 aromatic heterocycles. The molecule has 0 amide bonds. The summed E-state index contributed by atoms with van der Waals surface area (Å²) < 4.78 is 9.21. The number of rotatable bonds is 3. The summed E-state index contributed by atoms with van der Waals surface area (Å²) in [5.74, 6) is 2.58. The van der Waals surface area contributed by atoms with E-state index in [1.165, 1.54) is 77.2 Å². The molecule has 0 N–H and O–H groups in total. The quantitative estimate of drug-likeness (QED) is 0.234. The molecule has 3 aromatic carbocycles. The Morgan fingerprint density at radius 1 is 1.03 bits per heavy atom. The van der Waals surface area contributed by atoms with Gasteiger partial charge in [0.15, 0.2) is 11.2 Å². The second-order valence-corrected chi connectivity index (χ2v) is 12.7. The molecule has 0 radical (unpaired) electrons. The molecule has 0 atom stereocenters. The number of fused-ring (bicyclic) bond motifs is 3. The van der Waals surface area contributed by atoms with Gasteiger partial charge in [0.25, 0.3) is 6.33 Å². The van der Waals surface area contributed by atoms with E-state index in [1.54, 1.807) is 0 Å². The lowest BCUT2D eigenvalue weighted by molar-refractivity contribution is -0.662. The maximum Gasteiger partial charge on any atom is 0.287 e. The summed E-state index contributed by atoms with van der Waals surface area (Å²) in [4.78, 5) is 4.92. The molecular weight excluding hydrogens is 452 g/mol. The van der Waals surface area contributed by atoms with E-state index in [2.05, 4.69) is 89.6 Å². The molecule has 192 valence electrons. The third-order valence-corrected chi connectivity index (χ3v) is 9.71. The average molecular weight is 494 g/mol. The molecule has 1 aliphatic carbocycles. The lowest BCUT2D eigenvalue weighted by atomic mass is 9.66. The Labute approximate surface area is 221 Å². The van der Waals surface area contributed by atoms with Gasteiger partial charge in [-0.1, -0.05) is 71.7 Å². The molecule has 3 nitrogen and oxygen atoms in total. The Kier molecular flexibility index (Phi) is 5.64. The number of nitrogens with zero attached hydrogens (tertiary/aromatic N) is 2. The van der Waals surface area contributed by atoms with Crippen LogP contribution in [0.25, 0.3) is 32.9 Å². The first kappa shape index (κ1) is 24.4. The van der Waals surface area contributed by atoms with E-state index in [9.17, 15) is 0 Å². The second-order valence-electron chi connectivity index (χ2n) is 12.7. The van der Waals surface area contributed by atoms with Gasteiger partial charge in [0, 0.05) is 5.56 Å². The number of aryl methyl sites for hydroxylation is 2. The first-order valence-corrected chi connectivity index (χ1v) is 14.2. The minimum Gasteiger partial charge on any atom is -0.455 e. The van der Waals surface area contributed by atoms with Crippen molar-refractivity contribution in [1.29, 1.82) is 0 Å². The fraction of sp³-hybridized carbons (Fsp3) is 0.471. The summed E-state index contributed by atoms with van der Waals surface area (Å²) in [6.45, 7) is 13.9. The van der Waals surface area contributed by atoms with E-state index in [4.69, 9.17) is 9.72 Å². The second kappa shape index (κ2) is 8.55. The summed E-state index contributed by atoms with van der Waals surface area (Å²) in [5, 5.41) is 3.74. The Morgan fingerprint density at radius 2 is 1.70 bits per heavy atom. The summed E-state index contributed by atoms with van der Waals surface area (Å²) in [6.07, 6.45) is 9.74. The minimum absolute atomic E-state index is 0.0653. The molecule has 1 fully saturated rings. The summed E-state index contributed by atoms with van der Waals surface area (Å²) in [5.41, 5.74) is 7.93. The van der Waals surface area contributed by atoms with Crippen LogP contribution in [0.3, 0.4) is 0 Å². The standard InChI is InChI=1S/C34H41N2O/c1-8-34(9-2)16-14-22(15-17-34)23-18-26-29-27(19-23)37-32-28(31(29)36(7)20-35-26)21(3)24-12-10-11-13-25(24)30(32)33(4,5)6/h10-13,18-20,22H,8-9,14-17H2,1-7H3/q+1.